The van der Waals surface area contributed by atoms with Gasteiger partial charge in [-0.2, -0.15) is 0 Å². The first kappa shape index (κ1) is 10.9. The van der Waals surface area contributed by atoms with Crippen LogP contribution >= 0.6 is 11.3 Å². The Hall–Kier alpha value is -1.59. The number of carbonyl (C=O) groups is 1. The van der Waals surface area contributed by atoms with Crippen LogP contribution in [0, 0.1) is 0 Å². The fraction of sp³-hybridized carbons (Fsp3) is 0.182. The summed E-state index contributed by atoms with van der Waals surface area (Å²) in [6, 6.07) is 7.50. The molecule has 1 heterocycles. The van der Waals surface area contributed by atoms with E-state index in [1.807, 2.05) is 24.3 Å². The van der Waals surface area contributed by atoms with Crippen LogP contribution < -0.4 is 11.2 Å². The van der Waals surface area contributed by atoms with E-state index in [-0.39, 0.29) is 5.91 Å². The lowest BCUT2D eigenvalue weighted by Crippen LogP contribution is -2.35. The maximum atomic E-state index is 11.7. The second kappa shape index (κ2) is 4.11. The Morgan fingerprint density at radius 1 is 1.38 bits per heavy atom. The highest BCUT2D eigenvalue weighted by atomic mass is 32.1. The summed E-state index contributed by atoms with van der Waals surface area (Å²) in [4.78, 5) is 12.4. The number of amides is 1. The Kier molecular flexibility index (Phi) is 2.80. The molecule has 16 heavy (non-hydrogen) atoms. The summed E-state index contributed by atoms with van der Waals surface area (Å²) in [7, 11) is 3.56. The van der Waals surface area contributed by atoms with Crippen molar-refractivity contribution in [1.82, 2.24) is 10.4 Å². The Morgan fingerprint density at radius 2 is 2.12 bits per heavy atom. The highest BCUT2D eigenvalue weighted by Gasteiger charge is 2.10. The molecule has 0 aliphatic carbocycles. The van der Waals surface area contributed by atoms with Gasteiger partial charge in [0.2, 0.25) is 0 Å². The van der Waals surface area contributed by atoms with Crippen molar-refractivity contribution in [3.05, 3.63) is 29.1 Å². The minimum Gasteiger partial charge on any atom is -0.399 e. The molecule has 0 unspecified atom stereocenters. The lowest BCUT2D eigenvalue weighted by Gasteiger charge is -2.09. The number of hydrogen-bond acceptors (Lipinski definition) is 4. The molecular formula is C11H13N3OS. The number of anilines is 1. The first-order chi connectivity index (χ1) is 7.56. The first-order valence-electron chi connectivity index (χ1n) is 4.83. The van der Waals surface area contributed by atoms with Gasteiger partial charge in [0, 0.05) is 24.5 Å². The molecule has 1 aromatic heterocycles. The molecule has 0 spiro atoms. The van der Waals surface area contributed by atoms with E-state index in [1.165, 1.54) is 11.3 Å². The summed E-state index contributed by atoms with van der Waals surface area (Å²) >= 11 is 1.46. The number of fused-ring (bicyclic) bond motifs is 1. The number of nitrogens with one attached hydrogen (secondary N) is 1. The Morgan fingerprint density at radius 3 is 2.81 bits per heavy atom. The van der Waals surface area contributed by atoms with E-state index < -0.39 is 0 Å². The van der Waals surface area contributed by atoms with E-state index in [9.17, 15) is 4.79 Å². The fourth-order valence-electron chi connectivity index (χ4n) is 1.43. The SMILES string of the molecule is CN(C)NC(=O)c1cc2cc(N)ccc2s1. The number of carbonyl (C=O) groups excluding carboxylic acids is 1. The smallest absolute Gasteiger partial charge is 0.275 e. The van der Waals surface area contributed by atoms with Gasteiger partial charge in [-0.15, -0.1) is 11.3 Å². The summed E-state index contributed by atoms with van der Waals surface area (Å²) in [5.41, 5.74) is 9.11. The van der Waals surface area contributed by atoms with Crippen LogP contribution in [0.15, 0.2) is 24.3 Å². The van der Waals surface area contributed by atoms with E-state index in [0.717, 1.165) is 10.1 Å². The molecule has 0 atom stereocenters. The highest BCUT2D eigenvalue weighted by molar-refractivity contribution is 7.20. The molecule has 0 radical (unpaired) electrons. The lowest BCUT2D eigenvalue weighted by molar-refractivity contribution is 0.0861. The van der Waals surface area contributed by atoms with Gasteiger partial charge in [0.1, 0.15) is 0 Å². The molecule has 1 amide bonds. The number of nitrogens with two attached hydrogens (primary N) is 1. The second-order valence-corrected chi connectivity index (χ2v) is 4.83. The third-order valence-electron chi connectivity index (χ3n) is 2.09. The number of nitrogens with zero attached hydrogens (tertiary/aromatic N) is 1. The van der Waals surface area contributed by atoms with Crippen LogP contribution in [0.2, 0.25) is 0 Å². The van der Waals surface area contributed by atoms with Crippen molar-refractivity contribution in [3.63, 3.8) is 0 Å². The zero-order valence-corrected chi connectivity index (χ0v) is 9.97. The average molecular weight is 235 g/mol. The van der Waals surface area contributed by atoms with Crippen molar-refractivity contribution in [2.45, 2.75) is 0 Å². The summed E-state index contributed by atoms with van der Waals surface area (Å²) < 4.78 is 1.07. The number of hydrogen-bond donors (Lipinski definition) is 2. The number of benzene rings is 1. The van der Waals surface area contributed by atoms with Crippen LogP contribution in [-0.4, -0.2) is 25.0 Å². The lowest BCUT2D eigenvalue weighted by atomic mass is 10.2. The van der Waals surface area contributed by atoms with E-state index in [1.54, 1.807) is 19.1 Å². The monoisotopic (exact) mass is 235 g/mol. The Labute approximate surface area is 97.6 Å². The summed E-state index contributed by atoms with van der Waals surface area (Å²) in [6.07, 6.45) is 0. The van der Waals surface area contributed by atoms with Gasteiger partial charge in [-0.1, -0.05) is 0 Å². The number of rotatable bonds is 2. The van der Waals surface area contributed by atoms with Crippen LogP contribution in [-0.2, 0) is 0 Å². The predicted octanol–water partition coefficient (Wildman–Crippen LogP) is 1.69. The van der Waals surface area contributed by atoms with Crippen LogP contribution in [0.3, 0.4) is 0 Å². The standard InChI is InChI=1S/C11H13N3OS/c1-14(2)13-11(15)10-6-7-5-8(12)3-4-9(7)16-10/h3-6H,12H2,1-2H3,(H,13,15). The Bertz CT molecular complexity index is 533. The maximum Gasteiger partial charge on any atom is 0.275 e. The molecule has 0 bridgehead atoms. The number of hydrazine groups is 1. The third kappa shape index (κ3) is 2.15. The number of nitrogen functional groups attached to an aromatic ring is 1. The molecule has 1 aromatic carbocycles. The highest BCUT2D eigenvalue weighted by Crippen LogP contribution is 2.27. The molecule has 0 aliphatic heterocycles. The van der Waals surface area contributed by atoms with Gasteiger partial charge in [0.25, 0.3) is 5.91 Å². The van der Waals surface area contributed by atoms with Crippen LogP contribution in [0.5, 0.6) is 0 Å². The zero-order chi connectivity index (χ0) is 11.7. The normalized spacial score (nSPS) is 10.9. The molecule has 0 saturated heterocycles. The summed E-state index contributed by atoms with van der Waals surface area (Å²) in [5, 5.41) is 2.63. The van der Waals surface area contributed by atoms with Gasteiger partial charge in [-0.05, 0) is 29.7 Å². The minimum absolute atomic E-state index is 0.0928. The second-order valence-electron chi connectivity index (χ2n) is 3.74. The third-order valence-corrected chi connectivity index (χ3v) is 3.20. The van der Waals surface area contributed by atoms with Crippen molar-refractivity contribution in [3.8, 4) is 0 Å². The van der Waals surface area contributed by atoms with E-state index in [4.69, 9.17) is 5.73 Å². The van der Waals surface area contributed by atoms with Crippen molar-refractivity contribution in [1.29, 1.82) is 0 Å². The van der Waals surface area contributed by atoms with Crippen LogP contribution in [0.4, 0.5) is 5.69 Å². The van der Waals surface area contributed by atoms with Gasteiger partial charge in [-0.25, -0.2) is 5.01 Å². The molecule has 2 rings (SSSR count). The minimum atomic E-state index is -0.0928. The van der Waals surface area contributed by atoms with Gasteiger partial charge in [0.15, 0.2) is 0 Å². The van der Waals surface area contributed by atoms with Crippen molar-refractivity contribution < 1.29 is 4.79 Å². The first-order valence-corrected chi connectivity index (χ1v) is 5.65. The largest absolute Gasteiger partial charge is 0.399 e. The molecular weight excluding hydrogens is 222 g/mol. The molecule has 0 saturated carbocycles. The van der Waals surface area contributed by atoms with Crippen LogP contribution in [0.25, 0.3) is 10.1 Å². The van der Waals surface area contributed by atoms with Crippen molar-refractivity contribution in [2.24, 2.45) is 0 Å². The van der Waals surface area contributed by atoms with Gasteiger partial charge < -0.3 is 5.73 Å². The van der Waals surface area contributed by atoms with Crippen molar-refractivity contribution >= 4 is 33.0 Å². The van der Waals surface area contributed by atoms with E-state index in [0.29, 0.717) is 10.6 Å². The molecule has 0 aliphatic rings. The maximum absolute atomic E-state index is 11.7. The Balaban J connectivity index is 2.36. The molecule has 4 nitrogen and oxygen atoms in total. The average Bonchev–Trinajstić information content (AvgIpc) is 2.59. The quantitative estimate of drug-likeness (QED) is 0.615. The van der Waals surface area contributed by atoms with Crippen LogP contribution in [0.1, 0.15) is 9.67 Å². The van der Waals surface area contributed by atoms with E-state index in [2.05, 4.69) is 5.43 Å². The fourth-order valence-corrected chi connectivity index (χ4v) is 2.36. The van der Waals surface area contributed by atoms with Gasteiger partial charge in [0.05, 0.1) is 4.88 Å². The molecule has 0 fully saturated rings. The molecule has 3 N–H and O–H groups in total. The van der Waals surface area contributed by atoms with E-state index >= 15 is 0 Å². The molecule has 2 aromatic rings. The molecule has 5 heteroatoms. The van der Waals surface area contributed by atoms with Gasteiger partial charge in [-0.3, -0.25) is 10.2 Å². The van der Waals surface area contributed by atoms with Gasteiger partial charge >= 0.3 is 0 Å². The predicted molar refractivity (Wildman–Crippen MR) is 67.4 cm³/mol. The number of thiophene rings is 1. The summed E-state index contributed by atoms with van der Waals surface area (Å²) in [6.45, 7) is 0. The topological polar surface area (TPSA) is 58.4 Å². The van der Waals surface area contributed by atoms with Crippen molar-refractivity contribution in [2.75, 3.05) is 19.8 Å². The zero-order valence-electron chi connectivity index (χ0n) is 9.15. The summed E-state index contributed by atoms with van der Waals surface area (Å²) in [5.74, 6) is -0.0928. The molecule has 84 valence electrons.